The van der Waals surface area contributed by atoms with Crippen molar-refractivity contribution in [3.63, 3.8) is 0 Å². The Morgan fingerprint density at radius 3 is 2.19 bits per heavy atom. The Bertz CT molecular complexity index is 539. The minimum absolute atomic E-state index is 0.0456. The van der Waals surface area contributed by atoms with Crippen LogP contribution in [0, 0.1) is 5.92 Å². The van der Waals surface area contributed by atoms with Crippen molar-refractivity contribution in [2.24, 2.45) is 5.92 Å². The highest BCUT2D eigenvalue weighted by molar-refractivity contribution is 7.89. The minimum atomic E-state index is -3.14. The maximum absolute atomic E-state index is 12.4. The molecular weight excluding hydrogens is 364 g/mol. The summed E-state index contributed by atoms with van der Waals surface area (Å²) in [6, 6.07) is 0. The number of rotatable bonds is 10. The second-order valence-corrected chi connectivity index (χ2v) is 9.85. The molecule has 0 bridgehead atoms. The number of piperazine rings is 1. The van der Waals surface area contributed by atoms with Crippen molar-refractivity contribution < 1.29 is 13.2 Å². The lowest BCUT2D eigenvalue weighted by Gasteiger charge is -2.34. The number of sulfonamides is 1. The summed E-state index contributed by atoms with van der Waals surface area (Å²) in [5, 5.41) is 3.06. The van der Waals surface area contributed by atoms with Crippen LogP contribution in [0.1, 0.15) is 46.0 Å². The third kappa shape index (κ3) is 7.33. The number of likely N-dealkylation sites (N-methyl/N-ethyl adjacent to an activating group) is 1. The third-order valence-electron chi connectivity index (χ3n) is 5.84. The predicted octanol–water partition coefficient (Wildman–Crippen LogP) is 0.972. The molecule has 2 fully saturated rings. The van der Waals surface area contributed by atoms with E-state index < -0.39 is 10.0 Å². The molecule has 0 atom stereocenters. The van der Waals surface area contributed by atoms with Gasteiger partial charge in [0.1, 0.15) is 0 Å². The fourth-order valence-electron chi connectivity index (χ4n) is 3.84. The van der Waals surface area contributed by atoms with E-state index in [9.17, 15) is 13.2 Å². The average molecular weight is 403 g/mol. The van der Waals surface area contributed by atoms with E-state index in [1.54, 1.807) is 4.31 Å². The average Bonchev–Trinajstić information content (AvgIpc) is 2.70. The van der Waals surface area contributed by atoms with E-state index in [0.29, 0.717) is 38.9 Å². The summed E-state index contributed by atoms with van der Waals surface area (Å²) in [4.78, 5) is 17.3. The van der Waals surface area contributed by atoms with Gasteiger partial charge in [-0.2, -0.15) is 0 Å². The largest absolute Gasteiger partial charge is 0.356 e. The zero-order valence-electron chi connectivity index (χ0n) is 17.2. The summed E-state index contributed by atoms with van der Waals surface area (Å²) < 4.78 is 26.1. The van der Waals surface area contributed by atoms with Gasteiger partial charge >= 0.3 is 0 Å². The number of carbonyl (C=O) groups is 1. The second kappa shape index (κ2) is 11.3. The second-order valence-electron chi connectivity index (χ2n) is 7.76. The standard InChI is InChI=1S/C19H38N4O3S/c1-3-5-17-27(25,26)23-11-7-18(8-12-23)19(24)20-9-6-10-22-15-13-21(4-2)14-16-22/h18H,3-17H2,1-2H3,(H,20,24). The van der Waals surface area contributed by atoms with Crippen LogP contribution in [0.15, 0.2) is 0 Å². The van der Waals surface area contributed by atoms with E-state index in [2.05, 4.69) is 22.0 Å². The maximum atomic E-state index is 12.4. The summed E-state index contributed by atoms with van der Waals surface area (Å²) in [6.45, 7) is 12.5. The normalized spacial score (nSPS) is 21.4. The molecule has 0 aromatic carbocycles. The molecule has 7 nitrogen and oxygen atoms in total. The zero-order chi connectivity index (χ0) is 19.7. The summed E-state index contributed by atoms with van der Waals surface area (Å²) in [5.74, 6) is 0.277. The number of hydrogen-bond acceptors (Lipinski definition) is 5. The van der Waals surface area contributed by atoms with Gasteiger partial charge in [-0.05, 0) is 38.8 Å². The Kier molecular flexibility index (Phi) is 9.48. The van der Waals surface area contributed by atoms with Gasteiger partial charge < -0.3 is 15.1 Å². The quantitative estimate of drug-likeness (QED) is 0.551. The molecule has 2 rings (SSSR count). The first-order valence-electron chi connectivity index (χ1n) is 10.7. The summed E-state index contributed by atoms with van der Waals surface area (Å²) in [6.07, 6.45) is 3.83. The Morgan fingerprint density at radius 1 is 0.963 bits per heavy atom. The number of unbranched alkanes of at least 4 members (excludes halogenated alkanes) is 1. The van der Waals surface area contributed by atoms with Gasteiger partial charge in [0.15, 0.2) is 0 Å². The molecule has 0 spiro atoms. The lowest BCUT2D eigenvalue weighted by atomic mass is 9.97. The molecule has 1 N–H and O–H groups in total. The molecule has 8 heteroatoms. The van der Waals surface area contributed by atoms with Crippen LogP contribution in [-0.2, 0) is 14.8 Å². The van der Waals surface area contributed by atoms with Crippen molar-refractivity contribution in [1.29, 1.82) is 0 Å². The molecule has 0 radical (unpaired) electrons. The number of hydrogen-bond donors (Lipinski definition) is 1. The van der Waals surface area contributed by atoms with Crippen molar-refractivity contribution >= 4 is 15.9 Å². The van der Waals surface area contributed by atoms with E-state index in [1.165, 1.54) is 0 Å². The number of nitrogens with zero attached hydrogens (tertiary/aromatic N) is 3. The first-order chi connectivity index (χ1) is 13.0. The number of piperidine rings is 1. The van der Waals surface area contributed by atoms with E-state index >= 15 is 0 Å². The Morgan fingerprint density at radius 2 is 1.59 bits per heavy atom. The molecule has 0 unspecified atom stereocenters. The molecule has 2 aliphatic heterocycles. The van der Waals surface area contributed by atoms with Crippen molar-refractivity contribution in [2.75, 3.05) is 64.7 Å². The van der Waals surface area contributed by atoms with E-state index in [-0.39, 0.29) is 17.6 Å². The highest BCUT2D eigenvalue weighted by Crippen LogP contribution is 2.20. The van der Waals surface area contributed by atoms with Gasteiger partial charge in [0, 0.05) is 51.7 Å². The van der Waals surface area contributed by atoms with Crippen LogP contribution in [-0.4, -0.2) is 93.1 Å². The Labute approximate surface area is 165 Å². The first-order valence-corrected chi connectivity index (χ1v) is 12.3. The lowest BCUT2D eigenvalue weighted by Crippen LogP contribution is -2.47. The maximum Gasteiger partial charge on any atom is 0.223 e. The molecule has 0 saturated carbocycles. The molecule has 0 aliphatic carbocycles. The monoisotopic (exact) mass is 402 g/mol. The van der Waals surface area contributed by atoms with Crippen molar-refractivity contribution in [1.82, 2.24) is 19.4 Å². The molecule has 27 heavy (non-hydrogen) atoms. The number of nitrogens with one attached hydrogen (secondary N) is 1. The highest BCUT2D eigenvalue weighted by atomic mass is 32.2. The molecule has 1 amide bonds. The molecule has 0 aromatic rings. The summed E-state index contributed by atoms with van der Waals surface area (Å²) in [5.41, 5.74) is 0. The topological polar surface area (TPSA) is 73.0 Å². The summed E-state index contributed by atoms with van der Waals surface area (Å²) in [7, 11) is -3.14. The van der Waals surface area contributed by atoms with Crippen LogP contribution in [0.25, 0.3) is 0 Å². The van der Waals surface area contributed by atoms with Gasteiger partial charge in [0.25, 0.3) is 0 Å². The fourth-order valence-corrected chi connectivity index (χ4v) is 5.52. The molecule has 2 saturated heterocycles. The molecule has 2 aliphatic rings. The SMILES string of the molecule is CCCCS(=O)(=O)N1CCC(C(=O)NCCCN2CCN(CC)CC2)CC1. The van der Waals surface area contributed by atoms with Crippen LogP contribution >= 0.6 is 0 Å². The van der Waals surface area contributed by atoms with E-state index in [1.807, 2.05) is 6.92 Å². The van der Waals surface area contributed by atoms with E-state index in [4.69, 9.17) is 0 Å². The molecular formula is C19H38N4O3S. The van der Waals surface area contributed by atoms with Crippen LogP contribution in [0.3, 0.4) is 0 Å². The summed E-state index contributed by atoms with van der Waals surface area (Å²) >= 11 is 0. The Balaban J connectivity index is 1.59. The van der Waals surface area contributed by atoms with Crippen molar-refractivity contribution in [3.8, 4) is 0 Å². The van der Waals surface area contributed by atoms with Crippen LogP contribution in [0.4, 0.5) is 0 Å². The van der Waals surface area contributed by atoms with Crippen LogP contribution in [0.5, 0.6) is 0 Å². The van der Waals surface area contributed by atoms with Gasteiger partial charge in [-0.15, -0.1) is 0 Å². The third-order valence-corrected chi connectivity index (χ3v) is 7.79. The minimum Gasteiger partial charge on any atom is -0.356 e. The lowest BCUT2D eigenvalue weighted by molar-refractivity contribution is -0.126. The first kappa shape index (κ1) is 22.6. The van der Waals surface area contributed by atoms with Crippen molar-refractivity contribution in [2.45, 2.75) is 46.0 Å². The van der Waals surface area contributed by atoms with E-state index in [0.717, 1.165) is 52.1 Å². The van der Waals surface area contributed by atoms with Gasteiger partial charge in [0.05, 0.1) is 5.75 Å². The van der Waals surface area contributed by atoms with Gasteiger partial charge in [-0.3, -0.25) is 4.79 Å². The zero-order valence-corrected chi connectivity index (χ0v) is 18.0. The van der Waals surface area contributed by atoms with Gasteiger partial charge in [-0.25, -0.2) is 12.7 Å². The van der Waals surface area contributed by atoms with Crippen molar-refractivity contribution in [3.05, 3.63) is 0 Å². The van der Waals surface area contributed by atoms with Crippen LogP contribution < -0.4 is 5.32 Å². The fraction of sp³-hybridized carbons (Fsp3) is 0.947. The molecule has 158 valence electrons. The van der Waals surface area contributed by atoms with Gasteiger partial charge in [0.2, 0.25) is 15.9 Å². The van der Waals surface area contributed by atoms with Crippen LogP contribution in [0.2, 0.25) is 0 Å². The smallest absolute Gasteiger partial charge is 0.223 e. The molecule has 0 aromatic heterocycles. The molecule has 2 heterocycles. The number of amides is 1. The highest BCUT2D eigenvalue weighted by Gasteiger charge is 2.30. The Hall–Kier alpha value is -0.700. The number of carbonyl (C=O) groups excluding carboxylic acids is 1. The van der Waals surface area contributed by atoms with Gasteiger partial charge in [-0.1, -0.05) is 20.3 Å². The predicted molar refractivity (Wildman–Crippen MR) is 109 cm³/mol.